The Bertz CT molecular complexity index is 1150. The van der Waals surface area contributed by atoms with Crippen LogP contribution in [-0.2, 0) is 20.7 Å². The topological polar surface area (TPSA) is 96.9 Å². The summed E-state index contributed by atoms with van der Waals surface area (Å²) in [5.74, 6) is -0.955. The van der Waals surface area contributed by atoms with E-state index in [1.54, 1.807) is 38.1 Å². The zero-order chi connectivity index (χ0) is 24.3. The maximum atomic E-state index is 12.2. The second kappa shape index (κ2) is 12.1. The highest BCUT2D eigenvalue weighted by Crippen LogP contribution is 2.19. The second-order valence-electron chi connectivity index (χ2n) is 7.64. The molecule has 7 heteroatoms. The van der Waals surface area contributed by atoms with E-state index in [-0.39, 0.29) is 24.7 Å². The van der Waals surface area contributed by atoms with E-state index in [0.717, 1.165) is 16.7 Å². The van der Waals surface area contributed by atoms with Gasteiger partial charge in [0.15, 0.2) is 0 Å². The van der Waals surface area contributed by atoms with Crippen molar-refractivity contribution in [1.29, 1.82) is 0 Å². The Kier molecular flexibility index (Phi) is 8.68. The molecule has 3 aromatic rings. The Hall–Kier alpha value is -4.26. The first-order chi connectivity index (χ1) is 16.4. The van der Waals surface area contributed by atoms with Crippen LogP contribution in [0.3, 0.4) is 0 Å². The molecule has 0 unspecified atom stereocenters. The first-order valence-corrected chi connectivity index (χ1v) is 11.0. The van der Waals surface area contributed by atoms with Crippen molar-refractivity contribution in [2.24, 2.45) is 5.10 Å². The van der Waals surface area contributed by atoms with Gasteiger partial charge in [-0.2, -0.15) is 5.10 Å². The predicted octanol–water partition coefficient (Wildman–Crippen LogP) is 4.59. The van der Waals surface area contributed by atoms with Gasteiger partial charge >= 0.3 is 5.97 Å². The van der Waals surface area contributed by atoms with Crippen LogP contribution >= 0.6 is 0 Å². The molecular formula is C27H27N3O4. The van der Waals surface area contributed by atoms with Crippen LogP contribution in [0.1, 0.15) is 36.2 Å². The molecule has 174 valence electrons. The molecule has 0 aromatic heterocycles. The van der Waals surface area contributed by atoms with E-state index in [2.05, 4.69) is 15.8 Å². The van der Waals surface area contributed by atoms with E-state index >= 15 is 0 Å². The van der Waals surface area contributed by atoms with Crippen molar-refractivity contribution in [3.8, 4) is 11.1 Å². The van der Waals surface area contributed by atoms with Crippen LogP contribution in [0.25, 0.3) is 11.1 Å². The predicted molar refractivity (Wildman–Crippen MR) is 132 cm³/mol. The molecule has 0 saturated carbocycles. The van der Waals surface area contributed by atoms with E-state index in [9.17, 15) is 14.4 Å². The van der Waals surface area contributed by atoms with Crippen LogP contribution in [0, 0.1) is 0 Å². The zero-order valence-corrected chi connectivity index (χ0v) is 19.2. The number of hydrogen-bond donors (Lipinski definition) is 2. The number of hydrogen-bond acceptors (Lipinski definition) is 5. The quantitative estimate of drug-likeness (QED) is 0.279. The Labute approximate surface area is 198 Å². The first kappa shape index (κ1) is 24.4. The van der Waals surface area contributed by atoms with E-state index in [0.29, 0.717) is 23.6 Å². The Morgan fingerprint density at radius 2 is 1.47 bits per heavy atom. The van der Waals surface area contributed by atoms with Crippen molar-refractivity contribution in [3.63, 3.8) is 0 Å². The van der Waals surface area contributed by atoms with Crippen LogP contribution in [0.15, 0.2) is 84.0 Å². The van der Waals surface area contributed by atoms with Gasteiger partial charge in [0, 0.05) is 11.4 Å². The van der Waals surface area contributed by atoms with Gasteiger partial charge in [-0.3, -0.25) is 9.59 Å². The molecule has 0 saturated heterocycles. The van der Waals surface area contributed by atoms with Crippen LogP contribution in [0.4, 0.5) is 5.69 Å². The maximum absolute atomic E-state index is 12.2. The number of carbonyl (C=O) groups is 3. The van der Waals surface area contributed by atoms with Gasteiger partial charge in [0.05, 0.1) is 25.0 Å². The highest BCUT2D eigenvalue weighted by molar-refractivity contribution is 6.05. The minimum atomic E-state index is -0.411. The molecule has 0 atom stereocenters. The van der Waals surface area contributed by atoms with Crippen LogP contribution in [0.2, 0.25) is 0 Å². The summed E-state index contributed by atoms with van der Waals surface area (Å²) in [5, 5.41) is 6.75. The molecule has 0 heterocycles. The van der Waals surface area contributed by atoms with Crippen molar-refractivity contribution in [2.45, 2.75) is 26.7 Å². The van der Waals surface area contributed by atoms with Crippen molar-refractivity contribution >= 4 is 29.2 Å². The summed E-state index contributed by atoms with van der Waals surface area (Å²) in [6.07, 6.45) is 0.205. The van der Waals surface area contributed by atoms with Crippen molar-refractivity contribution in [1.82, 2.24) is 5.43 Å². The van der Waals surface area contributed by atoms with Gasteiger partial charge < -0.3 is 10.1 Å². The van der Waals surface area contributed by atoms with Gasteiger partial charge in [-0.25, -0.2) is 10.2 Å². The fourth-order valence-corrected chi connectivity index (χ4v) is 3.21. The number of nitrogens with one attached hydrogen (secondary N) is 2. The van der Waals surface area contributed by atoms with Gasteiger partial charge in [0.1, 0.15) is 0 Å². The van der Waals surface area contributed by atoms with Crippen molar-refractivity contribution in [3.05, 3.63) is 90.0 Å². The van der Waals surface area contributed by atoms with E-state index in [1.165, 1.54) is 0 Å². The fourth-order valence-electron chi connectivity index (χ4n) is 3.21. The molecular weight excluding hydrogens is 430 g/mol. The molecule has 3 aromatic carbocycles. The standard InChI is InChI=1S/C27H27N3O4/c1-3-34-27(33)23-13-15-24(16-14-23)28-25(31)17-19(2)29-30-26(32)18-20-9-11-22(12-10-20)21-7-5-4-6-8-21/h4-16H,3,17-18H2,1-2H3,(H,28,31)(H,30,32)/b29-19+. The van der Waals surface area contributed by atoms with Gasteiger partial charge in [-0.1, -0.05) is 54.6 Å². The SMILES string of the molecule is CCOC(=O)c1ccc(NC(=O)C/C(C)=N/NC(=O)Cc2ccc(-c3ccccc3)cc2)cc1. The first-order valence-electron chi connectivity index (χ1n) is 11.0. The molecule has 0 bridgehead atoms. The van der Waals surface area contributed by atoms with Crippen molar-refractivity contribution < 1.29 is 19.1 Å². The smallest absolute Gasteiger partial charge is 0.338 e. The second-order valence-corrected chi connectivity index (χ2v) is 7.64. The number of anilines is 1. The average Bonchev–Trinajstić information content (AvgIpc) is 2.84. The summed E-state index contributed by atoms with van der Waals surface area (Å²) in [6.45, 7) is 3.70. The van der Waals surface area contributed by atoms with Crippen LogP contribution < -0.4 is 10.7 Å². The zero-order valence-electron chi connectivity index (χ0n) is 19.2. The number of ether oxygens (including phenoxy) is 1. The number of amides is 2. The van der Waals surface area contributed by atoms with Gasteiger partial charge in [0.2, 0.25) is 11.8 Å². The lowest BCUT2D eigenvalue weighted by Crippen LogP contribution is -2.22. The Morgan fingerprint density at radius 1 is 0.824 bits per heavy atom. The number of nitrogens with zero attached hydrogens (tertiary/aromatic N) is 1. The minimum absolute atomic E-state index is 0.0195. The summed E-state index contributed by atoms with van der Waals surface area (Å²) >= 11 is 0. The lowest BCUT2D eigenvalue weighted by atomic mass is 10.0. The fraction of sp³-hybridized carbons (Fsp3) is 0.185. The molecule has 0 fully saturated rings. The molecule has 0 aliphatic heterocycles. The number of benzene rings is 3. The monoisotopic (exact) mass is 457 g/mol. The summed E-state index contributed by atoms with van der Waals surface area (Å²) in [6, 6.07) is 24.2. The van der Waals surface area contributed by atoms with Gasteiger partial charge in [0.25, 0.3) is 0 Å². The third-order valence-corrected chi connectivity index (χ3v) is 4.89. The highest BCUT2D eigenvalue weighted by atomic mass is 16.5. The average molecular weight is 458 g/mol. The lowest BCUT2D eigenvalue weighted by Gasteiger charge is -2.07. The van der Waals surface area contributed by atoms with E-state index in [1.807, 2.05) is 54.6 Å². The number of rotatable bonds is 9. The molecule has 34 heavy (non-hydrogen) atoms. The van der Waals surface area contributed by atoms with Crippen LogP contribution in [0.5, 0.6) is 0 Å². The number of esters is 1. The molecule has 0 aliphatic carbocycles. The normalized spacial score (nSPS) is 10.9. The molecule has 2 N–H and O–H groups in total. The number of carbonyl (C=O) groups excluding carboxylic acids is 3. The summed E-state index contributed by atoms with van der Waals surface area (Å²) in [5.41, 5.74) is 6.99. The highest BCUT2D eigenvalue weighted by Gasteiger charge is 2.09. The van der Waals surface area contributed by atoms with Crippen molar-refractivity contribution in [2.75, 3.05) is 11.9 Å². The molecule has 2 amide bonds. The summed E-state index contributed by atoms with van der Waals surface area (Å²) in [4.78, 5) is 36.1. The number of hydrazone groups is 1. The largest absolute Gasteiger partial charge is 0.462 e. The molecule has 0 radical (unpaired) electrons. The Balaban J connectivity index is 1.45. The maximum Gasteiger partial charge on any atom is 0.338 e. The minimum Gasteiger partial charge on any atom is -0.462 e. The molecule has 3 rings (SSSR count). The van der Waals surface area contributed by atoms with Gasteiger partial charge in [-0.05, 0) is 54.8 Å². The van der Waals surface area contributed by atoms with E-state index in [4.69, 9.17) is 4.74 Å². The molecule has 7 nitrogen and oxygen atoms in total. The van der Waals surface area contributed by atoms with E-state index < -0.39 is 5.97 Å². The Morgan fingerprint density at radius 3 is 2.12 bits per heavy atom. The summed E-state index contributed by atoms with van der Waals surface area (Å²) < 4.78 is 4.93. The third-order valence-electron chi connectivity index (χ3n) is 4.89. The molecule has 0 aliphatic rings. The van der Waals surface area contributed by atoms with Crippen LogP contribution in [-0.4, -0.2) is 30.1 Å². The molecule has 0 spiro atoms. The third kappa shape index (κ3) is 7.41. The lowest BCUT2D eigenvalue weighted by molar-refractivity contribution is -0.120. The summed E-state index contributed by atoms with van der Waals surface area (Å²) in [7, 11) is 0. The van der Waals surface area contributed by atoms with Gasteiger partial charge in [-0.15, -0.1) is 0 Å².